The monoisotopic (exact) mass is 369 g/mol. The van der Waals surface area contributed by atoms with E-state index in [4.69, 9.17) is 16.1 Å². The van der Waals surface area contributed by atoms with Crippen molar-refractivity contribution < 1.29 is 14.4 Å². The number of phenols is 1. The van der Waals surface area contributed by atoms with Crippen LogP contribution in [-0.2, 0) is 0 Å². The maximum Gasteiger partial charge on any atom is 0.258 e. The number of halogens is 1. The van der Waals surface area contributed by atoms with Crippen LogP contribution in [0.2, 0.25) is 5.02 Å². The Balaban J connectivity index is 1.61. The first-order chi connectivity index (χ1) is 12.6. The van der Waals surface area contributed by atoms with Gasteiger partial charge in [0.1, 0.15) is 11.8 Å². The summed E-state index contributed by atoms with van der Waals surface area (Å²) in [6.45, 7) is 0.576. The second-order valence-electron chi connectivity index (χ2n) is 6.14. The molecule has 0 radical (unpaired) electrons. The number of aromatic nitrogens is 2. The minimum Gasteiger partial charge on any atom is -0.507 e. The Kier molecular flexibility index (Phi) is 4.34. The maximum absolute atomic E-state index is 12.8. The number of phenolic OH excluding ortho intramolecular Hbond substituents is 1. The molecule has 2 heterocycles. The highest BCUT2D eigenvalue weighted by atomic mass is 35.5. The van der Waals surface area contributed by atoms with Crippen molar-refractivity contribution in [3.8, 4) is 17.1 Å². The topological polar surface area (TPSA) is 79.5 Å². The number of nitrogens with zero attached hydrogens (tertiary/aromatic N) is 3. The number of hydrogen-bond acceptors (Lipinski definition) is 5. The Hall–Kier alpha value is -2.86. The highest BCUT2D eigenvalue weighted by molar-refractivity contribution is 6.30. The normalized spacial score (nSPS) is 16.8. The predicted octanol–water partition coefficient (Wildman–Crippen LogP) is 4.07. The molecule has 0 bridgehead atoms. The molecule has 0 unspecified atom stereocenters. The van der Waals surface area contributed by atoms with E-state index in [0.29, 0.717) is 23.3 Å². The molecule has 0 saturated carbocycles. The van der Waals surface area contributed by atoms with Crippen molar-refractivity contribution in [2.75, 3.05) is 6.54 Å². The lowest BCUT2D eigenvalue weighted by molar-refractivity contribution is 0.0707. The van der Waals surface area contributed by atoms with E-state index in [0.717, 1.165) is 18.4 Å². The van der Waals surface area contributed by atoms with E-state index in [1.54, 1.807) is 35.2 Å². The van der Waals surface area contributed by atoms with Crippen molar-refractivity contribution in [2.45, 2.75) is 18.9 Å². The van der Waals surface area contributed by atoms with E-state index >= 15 is 0 Å². The van der Waals surface area contributed by atoms with Gasteiger partial charge < -0.3 is 14.5 Å². The smallest absolute Gasteiger partial charge is 0.258 e. The molecule has 1 aliphatic heterocycles. The molecule has 0 aliphatic carbocycles. The lowest BCUT2D eigenvalue weighted by atomic mass is 10.1. The number of rotatable bonds is 3. The number of hydrogen-bond donors (Lipinski definition) is 1. The summed E-state index contributed by atoms with van der Waals surface area (Å²) in [5.41, 5.74) is 1.03. The van der Waals surface area contributed by atoms with Gasteiger partial charge in [-0.05, 0) is 37.1 Å². The van der Waals surface area contributed by atoms with Gasteiger partial charge in [-0.25, -0.2) is 0 Å². The van der Waals surface area contributed by atoms with Crippen LogP contribution < -0.4 is 0 Å². The second-order valence-corrected chi connectivity index (χ2v) is 6.58. The summed E-state index contributed by atoms with van der Waals surface area (Å²) in [4.78, 5) is 19.0. The minimum absolute atomic E-state index is 0.0340. The van der Waals surface area contributed by atoms with Gasteiger partial charge in [-0.2, -0.15) is 4.98 Å². The predicted molar refractivity (Wildman–Crippen MR) is 95.9 cm³/mol. The van der Waals surface area contributed by atoms with Crippen LogP contribution in [0.4, 0.5) is 0 Å². The summed E-state index contributed by atoms with van der Waals surface area (Å²) in [6.07, 6.45) is 1.56. The molecule has 0 spiro atoms. The first kappa shape index (κ1) is 16.6. The average Bonchev–Trinajstić information content (AvgIpc) is 3.31. The Morgan fingerprint density at radius 1 is 1.23 bits per heavy atom. The maximum atomic E-state index is 12.8. The Morgan fingerprint density at radius 3 is 2.88 bits per heavy atom. The molecule has 4 rings (SSSR count). The van der Waals surface area contributed by atoms with E-state index in [9.17, 15) is 9.90 Å². The van der Waals surface area contributed by atoms with E-state index in [1.165, 1.54) is 6.07 Å². The fourth-order valence-electron chi connectivity index (χ4n) is 3.19. The molecule has 3 aromatic rings. The SMILES string of the molecule is O=C(c1ccccc1O)N1CCC[C@H]1c1nc(-c2cccc(Cl)c2)no1. The highest BCUT2D eigenvalue weighted by Gasteiger charge is 2.35. The first-order valence-corrected chi connectivity index (χ1v) is 8.70. The molecule has 26 heavy (non-hydrogen) atoms. The van der Waals surface area contributed by atoms with Crippen molar-refractivity contribution in [1.29, 1.82) is 0 Å². The number of aromatic hydroxyl groups is 1. The van der Waals surface area contributed by atoms with Crippen LogP contribution in [0, 0.1) is 0 Å². The molecule has 1 aromatic heterocycles. The zero-order valence-corrected chi connectivity index (χ0v) is 14.6. The highest BCUT2D eigenvalue weighted by Crippen LogP contribution is 2.34. The number of likely N-dealkylation sites (tertiary alicyclic amines) is 1. The van der Waals surface area contributed by atoms with E-state index in [-0.39, 0.29) is 23.3 Å². The van der Waals surface area contributed by atoms with Crippen LogP contribution in [-0.4, -0.2) is 32.6 Å². The van der Waals surface area contributed by atoms with Gasteiger partial charge in [0.25, 0.3) is 5.91 Å². The molecule has 1 atom stereocenters. The summed E-state index contributed by atoms with van der Waals surface area (Å²) >= 11 is 6.01. The Morgan fingerprint density at radius 2 is 2.08 bits per heavy atom. The average molecular weight is 370 g/mol. The van der Waals surface area contributed by atoms with Crippen molar-refractivity contribution in [3.63, 3.8) is 0 Å². The number of carbonyl (C=O) groups excluding carboxylic acids is 1. The lowest BCUT2D eigenvalue weighted by Gasteiger charge is -2.22. The van der Waals surface area contributed by atoms with Gasteiger partial charge >= 0.3 is 0 Å². The lowest BCUT2D eigenvalue weighted by Crippen LogP contribution is -2.30. The van der Waals surface area contributed by atoms with Crippen LogP contribution in [0.5, 0.6) is 5.75 Å². The molecule has 1 N–H and O–H groups in total. The molecule has 1 aliphatic rings. The van der Waals surface area contributed by atoms with Crippen LogP contribution in [0.25, 0.3) is 11.4 Å². The van der Waals surface area contributed by atoms with E-state index < -0.39 is 0 Å². The van der Waals surface area contributed by atoms with Crippen LogP contribution in [0.3, 0.4) is 0 Å². The minimum atomic E-state index is -0.303. The Labute approximate surface area is 155 Å². The zero-order chi connectivity index (χ0) is 18.1. The summed E-state index contributed by atoms with van der Waals surface area (Å²) in [5.74, 6) is 0.548. The standard InChI is InChI=1S/C19H16ClN3O3/c20-13-6-3-5-12(11-13)17-21-18(26-22-17)15-8-4-10-23(15)19(25)14-7-1-2-9-16(14)24/h1-3,5-7,9,11,15,24H,4,8,10H2/t15-/m0/s1. The van der Waals surface area contributed by atoms with E-state index in [2.05, 4.69) is 10.1 Å². The summed E-state index contributed by atoms with van der Waals surface area (Å²) in [7, 11) is 0. The van der Waals surface area contributed by atoms with Crippen molar-refractivity contribution >= 4 is 17.5 Å². The van der Waals surface area contributed by atoms with Crippen LogP contribution in [0.15, 0.2) is 53.1 Å². The molecule has 6 nitrogen and oxygen atoms in total. The largest absolute Gasteiger partial charge is 0.507 e. The molecule has 7 heteroatoms. The fourth-order valence-corrected chi connectivity index (χ4v) is 3.38. The van der Waals surface area contributed by atoms with Gasteiger partial charge in [0, 0.05) is 17.1 Å². The van der Waals surface area contributed by atoms with Crippen LogP contribution >= 0.6 is 11.6 Å². The molecule has 1 saturated heterocycles. The second kappa shape index (κ2) is 6.80. The number of amides is 1. The summed E-state index contributed by atoms with van der Waals surface area (Å²) in [6, 6.07) is 13.4. The van der Waals surface area contributed by atoms with Crippen LogP contribution in [0.1, 0.15) is 35.1 Å². The number of carbonyl (C=O) groups is 1. The van der Waals surface area contributed by atoms with Gasteiger partial charge in [-0.1, -0.05) is 41.0 Å². The quantitative estimate of drug-likeness (QED) is 0.752. The van der Waals surface area contributed by atoms with Gasteiger partial charge in [0.15, 0.2) is 0 Å². The third kappa shape index (κ3) is 3.04. The van der Waals surface area contributed by atoms with Gasteiger partial charge in [0.05, 0.1) is 5.56 Å². The van der Waals surface area contributed by atoms with Gasteiger partial charge in [-0.3, -0.25) is 4.79 Å². The molecular formula is C19H16ClN3O3. The first-order valence-electron chi connectivity index (χ1n) is 8.32. The number of para-hydroxylation sites is 1. The van der Waals surface area contributed by atoms with E-state index in [1.807, 2.05) is 12.1 Å². The van der Waals surface area contributed by atoms with Gasteiger partial charge in [0.2, 0.25) is 11.7 Å². The molecule has 1 amide bonds. The third-order valence-corrected chi connectivity index (χ3v) is 4.69. The molecule has 1 fully saturated rings. The molecule has 132 valence electrons. The Bertz CT molecular complexity index is 956. The summed E-state index contributed by atoms with van der Waals surface area (Å²) in [5, 5.41) is 14.6. The number of benzene rings is 2. The zero-order valence-electron chi connectivity index (χ0n) is 13.8. The third-order valence-electron chi connectivity index (χ3n) is 4.46. The van der Waals surface area contributed by atoms with Gasteiger partial charge in [-0.15, -0.1) is 0 Å². The van der Waals surface area contributed by atoms with Crippen molar-refractivity contribution in [1.82, 2.24) is 15.0 Å². The fraction of sp³-hybridized carbons (Fsp3) is 0.211. The van der Waals surface area contributed by atoms with Crippen molar-refractivity contribution in [3.05, 3.63) is 65.0 Å². The molecule has 2 aromatic carbocycles. The summed E-state index contributed by atoms with van der Waals surface area (Å²) < 4.78 is 5.43. The molecular weight excluding hydrogens is 354 g/mol. The van der Waals surface area contributed by atoms with Crippen molar-refractivity contribution in [2.24, 2.45) is 0 Å².